The van der Waals surface area contributed by atoms with Gasteiger partial charge in [0.15, 0.2) is 0 Å². The third kappa shape index (κ3) is 1.78. The van der Waals surface area contributed by atoms with Crippen LogP contribution in [0.25, 0.3) is 15.3 Å². The Morgan fingerprint density at radius 3 is 2.94 bits per heavy atom. The first kappa shape index (κ1) is 11.0. The Morgan fingerprint density at radius 1 is 1.33 bits per heavy atom. The predicted octanol–water partition coefficient (Wildman–Crippen LogP) is 1.89. The van der Waals surface area contributed by atoms with Gasteiger partial charge in [0.2, 0.25) is 17.0 Å². The van der Waals surface area contributed by atoms with Crippen LogP contribution in [0, 0.1) is 0 Å². The number of hydrogen-bond acceptors (Lipinski definition) is 6. The number of nitrogens with zero attached hydrogens (tertiary/aromatic N) is 4. The van der Waals surface area contributed by atoms with E-state index in [0.717, 1.165) is 21.9 Å². The maximum absolute atomic E-state index is 5.84. The highest BCUT2D eigenvalue weighted by atomic mass is 32.1. The summed E-state index contributed by atoms with van der Waals surface area (Å²) in [6, 6.07) is 7.93. The highest BCUT2D eigenvalue weighted by molar-refractivity contribution is 7.20. The number of nitrogens with one attached hydrogen (secondary N) is 1. The number of nitrogens with two attached hydrogens (primary N) is 1. The van der Waals surface area contributed by atoms with E-state index >= 15 is 0 Å². The van der Waals surface area contributed by atoms with Gasteiger partial charge in [-0.05, 0) is 19.1 Å². The van der Waals surface area contributed by atoms with Crippen LogP contribution in [-0.2, 0) is 0 Å². The van der Waals surface area contributed by atoms with Crippen molar-refractivity contribution in [1.29, 1.82) is 0 Å². The summed E-state index contributed by atoms with van der Waals surface area (Å²) in [4.78, 5) is 8.62. The number of benzene rings is 1. The average Bonchev–Trinajstić information content (AvgIpc) is 2.92. The zero-order valence-electron chi connectivity index (χ0n) is 9.79. The number of para-hydroxylation sites is 1. The lowest BCUT2D eigenvalue weighted by molar-refractivity contribution is 0.882. The molecule has 0 saturated heterocycles. The summed E-state index contributed by atoms with van der Waals surface area (Å²) in [6.07, 6.45) is 0. The fourth-order valence-electron chi connectivity index (χ4n) is 1.65. The second-order valence-electron chi connectivity index (χ2n) is 3.70. The molecule has 0 fully saturated rings. The van der Waals surface area contributed by atoms with Crippen molar-refractivity contribution < 1.29 is 0 Å². The minimum atomic E-state index is 0.338. The second-order valence-corrected chi connectivity index (χ2v) is 4.71. The van der Waals surface area contributed by atoms with Gasteiger partial charge < -0.3 is 11.1 Å². The lowest BCUT2D eigenvalue weighted by Gasteiger charge is -1.94. The topological polar surface area (TPSA) is 81.6 Å². The van der Waals surface area contributed by atoms with E-state index in [1.807, 2.05) is 31.2 Å². The predicted molar refractivity (Wildman–Crippen MR) is 73.1 cm³/mol. The molecule has 2 heterocycles. The molecule has 18 heavy (non-hydrogen) atoms. The number of hydrogen-bond donors (Lipinski definition) is 2. The maximum atomic E-state index is 5.84. The number of anilines is 2. The first-order valence-corrected chi connectivity index (χ1v) is 6.42. The average molecular weight is 260 g/mol. The first-order valence-electron chi connectivity index (χ1n) is 5.60. The van der Waals surface area contributed by atoms with Crippen LogP contribution in [0.4, 0.5) is 11.9 Å². The quantitative estimate of drug-likeness (QED) is 0.751. The van der Waals surface area contributed by atoms with E-state index in [-0.39, 0.29) is 0 Å². The van der Waals surface area contributed by atoms with Crippen molar-refractivity contribution in [2.45, 2.75) is 6.92 Å². The molecule has 0 amide bonds. The van der Waals surface area contributed by atoms with Gasteiger partial charge in [0.1, 0.15) is 0 Å². The lowest BCUT2D eigenvalue weighted by Crippen LogP contribution is -2.02. The molecule has 0 unspecified atom stereocenters. The van der Waals surface area contributed by atoms with Gasteiger partial charge in [-0.25, -0.2) is 4.98 Å². The van der Waals surface area contributed by atoms with Crippen molar-refractivity contribution in [3.05, 3.63) is 24.3 Å². The van der Waals surface area contributed by atoms with Crippen LogP contribution >= 0.6 is 11.3 Å². The van der Waals surface area contributed by atoms with Crippen LogP contribution in [-0.4, -0.2) is 26.3 Å². The molecular weight excluding hydrogens is 248 g/mol. The fourth-order valence-corrected chi connectivity index (χ4v) is 2.57. The van der Waals surface area contributed by atoms with Gasteiger partial charge in [-0.3, -0.25) is 0 Å². The van der Waals surface area contributed by atoms with E-state index in [0.29, 0.717) is 11.9 Å². The monoisotopic (exact) mass is 260 g/mol. The fraction of sp³-hybridized carbons (Fsp3) is 0.182. The van der Waals surface area contributed by atoms with Crippen molar-refractivity contribution in [1.82, 2.24) is 19.7 Å². The maximum Gasteiger partial charge on any atom is 0.244 e. The second kappa shape index (κ2) is 4.26. The Kier molecular flexibility index (Phi) is 2.60. The van der Waals surface area contributed by atoms with Crippen molar-refractivity contribution in [3.8, 4) is 5.13 Å². The summed E-state index contributed by atoms with van der Waals surface area (Å²) in [6.45, 7) is 2.73. The van der Waals surface area contributed by atoms with Gasteiger partial charge in [-0.15, -0.1) is 5.10 Å². The van der Waals surface area contributed by atoms with Gasteiger partial charge in [0.05, 0.1) is 10.2 Å². The molecule has 92 valence electrons. The number of rotatable bonds is 3. The summed E-state index contributed by atoms with van der Waals surface area (Å²) in [7, 11) is 0. The van der Waals surface area contributed by atoms with Crippen LogP contribution in [0.2, 0.25) is 0 Å². The zero-order chi connectivity index (χ0) is 12.5. The third-order valence-corrected chi connectivity index (χ3v) is 3.44. The van der Waals surface area contributed by atoms with Crippen LogP contribution in [0.5, 0.6) is 0 Å². The highest BCUT2D eigenvalue weighted by Gasteiger charge is 2.12. The van der Waals surface area contributed by atoms with Crippen molar-refractivity contribution in [2.75, 3.05) is 17.6 Å². The van der Waals surface area contributed by atoms with Crippen molar-refractivity contribution in [3.63, 3.8) is 0 Å². The Labute approximate surface area is 107 Å². The van der Waals surface area contributed by atoms with Crippen molar-refractivity contribution in [2.24, 2.45) is 0 Å². The minimum Gasteiger partial charge on any atom is -0.368 e. The van der Waals surface area contributed by atoms with Gasteiger partial charge >= 0.3 is 0 Å². The molecular formula is C11H12N6S. The molecule has 1 aromatic carbocycles. The Hall–Kier alpha value is -2.15. The molecule has 3 N–H and O–H groups in total. The largest absolute Gasteiger partial charge is 0.368 e. The van der Waals surface area contributed by atoms with Crippen LogP contribution in [0.15, 0.2) is 24.3 Å². The number of aromatic nitrogens is 4. The van der Waals surface area contributed by atoms with Gasteiger partial charge in [-0.2, -0.15) is 9.67 Å². The van der Waals surface area contributed by atoms with E-state index in [4.69, 9.17) is 5.73 Å². The third-order valence-electron chi connectivity index (χ3n) is 2.43. The molecule has 0 atom stereocenters. The van der Waals surface area contributed by atoms with E-state index in [1.54, 1.807) is 4.68 Å². The van der Waals surface area contributed by atoms with Gasteiger partial charge in [0.25, 0.3) is 0 Å². The smallest absolute Gasteiger partial charge is 0.244 e. The number of thiazole rings is 1. The van der Waals surface area contributed by atoms with Crippen LogP contribution in [0.3, 0.4) is 0 Å². The normalized spacial score (nSPS) is 10.9. The molecule has 7 heteroatoms. The summed E-state index contributed by atoms with van der Waals surface area (Å²) < 4.78 is 2.66. The Morgan fingerprint density at radius 2 is 2.17 bits per heavy atom. The number of nitrogen functional groups attached to an aromatic ring is 1. The summed E-state index contributed by atoms with van der Waals surface area (Å²) in [5.41, 5.74) is 6.78. The molecule has 6 nitrogen and oxygen atoms in total. The zero-order valence-corrected chi connectivity index (χ0v) is 10.6. The van der Waals surface area contributed by atoms with E-state index in [1.165, 1.54) is 11.3 Å². The van der Waals surface area contributed by atoms with E-state index in [9.17, 15) is 0 Å². The van der Waals surface area contributed by atoms with Gasteiger partial charge in [-0.1, -0.05) is 23.5 Å². The highest BCUT2D eigenvalue weighted by Crippen LogP contribution is 2.25. The van der Waals surface area contributed by atoms with Gasteiger partial charge in [0, 0.05) is 6.54 Å². The SMILES string of the molecule is CCNc1nc(N)n(-c2nc3ccccc3s2)n1. The summed E-state index contributed by atoms with van der Waals surface area (Å²) >= 11 is 1.54. The molecule has 3 rings (SSSR count). The Balaban J connectivity index is 2.08. The van der Waals surface area contributed by atoms with E-state index in [2.05, 4.69) is 20.4 Å². The molecule has 0 radical (unpaired) electrons. The molecule has 0 aliphatic carbocycles. The molecule has 0 saturated carbocycles. The summed E-state index contributed by atoms with van der Waals surface area (Å²) in [5.74, 6) is 0.860. The summed E-state index contributed by atoms with van der Waals surface area (Å²) in [5, 5.41) is 8.04. The van der Waals surface area contributed by atoms with E-state index < -0.39 is 0 Å². The molecule has 2 aromatic heterocycles. The standard InChI is InChI=1S/C11H12N6S/c1-2-13-10-15-9(12)17(16-10)11-14-7-5-3-4-6-8(7)18-11/h3-6H,2H2,1H3,(H3,12,13,15,16). The molecule has 0 aliphatic heterocycles. The van der Waals surface area contributed by atoms with Crippen LogP contribution < -0.4 is 11.1 Å². The molecule has 0 spiro atoms. The molecule has 0 bridgehead atoms. The molecule has 0 aliphatic rings. The molecule has 3 aromatic rings. The minimum absolute atomic E-state index is 0.338. The van der Waals surface area contributed by atoms with Crippen LogP contribution in [0.1, 0.15) is 6.92 Å². The Bertz CT molecular complexity index is 653. The lowest BCUT2D eigenvalue weighted by atomic mass is 10.3. The van der Waals surface area contributed by atoms with Crippen molar-refractivity contribution >= 4 is 33.5 Å². The first-order chi connectivity index (χ1) is 8.78. The number of fused-ring (bicyclic) bond motifs is 1.